The van der Waals surface area contributed by atoms with Crippen LogP contribution in [0.1, 0.15) is 12.0 Å². The lowest BCUT2D eigenvalue weighted by molar-refractivity contribution is -0.130. The van der Waals surface area contributed by atoms with Crippen molar-refractivity contribution in [2.75, 3.05) is 13.2 Å². The van der Waals surface area contributed by atoms with Gasteiger partial charge in [0.15, 0.2) is 0 Å². The summed E-state index contributed by atoms with van der Waals surface area (Å²) in [5, 5.41) is 10.8. The first-order valence-corrected chi connectivity index (χ1v) is 7.70. The van der Waals surface area contributed by atoms with Crippen LogP contribution in [-0.2, 0) is 11.2 Å². The lowest BCUT2D eigenvalue weighted by Gasteiger charge is -2.26. The van der Waals surface area contributed by atoms with Crippen LogP contribution in [0, 0.1) is 0 Å². The molecule has 2 atom stereocenters. The average molecular weight is 337 g/mol. The molecule has 1 amide bonds. The highest BCUT2D eigenvalue weighted by molar-refractivity contribution is 9.09. The number of benzene rings is 1. The van der Waals surface area contributed by atoms with Crippen molar-refractivity contribution in [2.24, 2.45) is 0 Å². The summed E-state index contributed by atoms with van der Waals surface area (Å²) >= 11 is 3.48. The second kappa shape index (κ2) is 5.58. The zero-order valence-corrected chi connectivity index (χ0v) is 12.6. The molecule has 0 saturated carbocycles. The number of para-hydroxylation sites is 1. The molecule has 0 aliphatic carbocycles. The number of aromatic nitrogens is 1. The summed E-state index contributed by atoms with van der Waals surface area (Å²) in [4.78, 5) is 17.2. The molecule has 2 unspecified atom stereocenters. The number of aromatic amines is 1. The average Bonchev–Trinajstić information content (AvgIpc) is 3.00. The quantitative estimate of drug-likeness (QED) is 0.840. The third-order valence-corrected chi connectivity index (χ3v) is 4.51. The Hall–Kier alpha value is -1.33. The zero-order chi connectivity index (χ0) is 14.1. The summed E-state index contributed by atoms with van der Waals surface area (Å²) in [6.45, 7) is 0.664. The van der Waals surface area contributed by atoms with Crippen molar-refractivity contribution in [3.05, 3.63) is 36.0 Å². The van der Waals surface area contributed by atoms with Crippen LogP contribution in [0.25, 0.3) is 10.9 Å². The Morgan fingerprint density at radius 1 is 1.45 bits per heavy atom. The lowest BCUT2D eigenvalue weighted by Crippen LogP contribution is -2.40. The Kier molecular flexibility index (Phi) is 3.81. The van der Waals surface area contributed by atoms with Crippen molar-refractivity contribution in [3.63, 3.8) is 0 Å². The molecule has 1 aromatic carbocycles. The molecule has 1 aliphatic rings. The SMILES string of the molecule is O=C1CC(Br)CN1C(CO)Cc1c[nH]c2ccccc12. The van der Waals surface area contributed by atoms with E-state index in [9.17, 15) is 9.90 Å². The fourth-order valence-electron chi connectivity index (χ4n) is 2.87. The molecule has 106 valence electrons. The van der Waals surface area contributed by atoms with Crippen LogP contribution in [0.15, 0.2) is 30.5 Å². The van der Waals surface area contributed by atoms with E-state index in [0.717, 1.165) is 16.5 Å². The molecule has 20 heavy (non-hydrogen) atoms. The molecule has 1 aliphatic heterocycles. The number of carbonyl (C=O) groups excluding carboxylic acids is 1. The Labute approximate surface area is 125 Å². The molecule has 0 spiro atoms. The molecule has 4 nitrogen and oxygen atoms in total. The number of amides is 1. The van der Waals surface area contributed by atoms with Gasteiger partial charge in [-0.2, -0.15) is 0 Å². The maximum atomic E-state index is 12.0. The smallest absolute Gasteiger partial charge is 0.224 e. The highest BCUT2D eigenvalue weighted by atomic mass is 79.9. The number of hydrogen-bond acceptors (Lipinski definition) is 2. The fourth-order valence-corrected chi connectivity index (χ4v) is 3.46. The molecule has 0 bridgehead atoms. The van der Waals surface area contributed by atoms with Gasteiger partial charge in [-0.25, -0.2) is 0 Å². The predicted molar refractivity (Wildman–Crippen MR) is 81.9 cm³/mol. The molecule has 1 aromatic heterocycles. The Morgan fingerprint density at radius 2 is 2.25 bits per heavy atom. The van der Waals surface area contributed by atoms with E-state index in [-0.39, 0.29) is 23.4 Å². The van der Waals surface area contributed by atoms with E-state index in [4.69, 9.17) is 0 Å². The summed E-state index contributed by atoms with van der Waals surface area (Å²) in [5.41, 5.74) is 2.23. The van der Waals surface area contributed by atoms with E-state index < -0.39 is 0 Å². The van der Waals surface area contributed by atoms with Gasteiger partial charge in [0.25, 0.3) is 0 Å². The van der Waals surface area contributed by atoms with Gasteiger partial charge >= 0.3 is 0 Å². The number of aliphatic hydroxyl groups excluding tert-OH is 1. The molecule has 2 N–H and O–H groups in total. The topological polar surface area (TPSA) is 56.3 Å². The summed E-state index contributed by atoms with van der Waals surface area (Å²) in [6.07, 6.45) is 3.16. The molecule has 0 radical (unpaired) electrons. The Balaban J connectivity index is 1.83. The first-order chi connectivity index (χ1) is 9.69. The highest BCUT2D eigenvalue weighted by Crippen LogP contribution is 2.24. The van der Waals surface area contributed by atoms with Crippen LogP contribution >= 0.6 is 15.9 Å². The third kappa shape index (κ3) is 2.47. The number of carbonyl (C=O) groups is 1. The number of fused-ring (bicyclic) bond motifs is 1. The van der Waals surface area contributed by atoms with Crippen molar-refractivity contribution >= 4 is 32.7 Å². The predicted octanol–water partition coefficient (Wildman–Crippen LogP) is 2.07. The third-order valence-electron chi connectivity index (χ3n) is 3.89. The Morgan fingerprint density at radius 3 is 2.95 bits per heavy atom. The molecule has 1 fully saturated rings. The summed E-state index contributed by atoms with van der Waals surface area (Å²) in [7, 11) is 0. The number of H-pyrrole nitrogens is 1. The highest BCUT2D eigenvalue weighted by Gasteiger charge is 2.33. The van der Waals surface area contributed by atoms with E-state index in [0.29, 0.717) is 19.4 Å². The minimum absolute atomic E-state index is 0.00896. The maximum Gasteiger partial charge on any atom is 0.224 e. The van der Waals surface area contributed by atoms with Crippen LogP contribution in [0.4, 0.5) is 0 Å². The number of halogens is 1. The van der Waals surface area contributed by atoms with Gasteiger partial charge < -0.3 is 15.0 Å². The van der Waals surface area contributed by atoms with E-state index in [2.05, 4.69) is 27.0 Å². The van der Waals surface area contributed by atoms with Crippen molar-refractivity contribution in [3.8, 4) is 0 Å². The monoisotopic (exact) mass is 336 g/mol. The molecular weight excluding hydrogens is 320 g/mol. The summed E-state index contributed by atoms with van der Waals surface area (Å²) in [5.74, 6) is 0.116. The molecular formula is C15H17BrN2O2. The first kappa shape index (κ1) is 13.6. The number of aliphatic hydroxyl groups is 1. The number of likely N-dealkylation sites (tertiary alicyclic amines) is 1. The summed E-state index contributed by atoms with van der Waals surface area (Å²) < 4.78 is 0. The Bertz CT molecular complexity index is 625. The second-order valence-corrected chi connectivity index (χ2v) is 6.54. The van der Waals surface area contributed by atoms with Crippen molar-refractivity contribution in [1.82, 2.24) is 9.88 Å². The number of alkyl halides is 1. The molecule has 1 saturated heterocycles. The van der Waals surface area contributed by atoms with Crippen molar-refractivity contribution < 1.29 is 9.90 Å². The minimum Gasteiger partial charge on any atom is -0.394 e. The molecule has 3 rings (SSSR count). The second-order valence-electron chi connectivity index (χ2n) is 5.25. The fraction of sp³-hybridized carbons (Fsp3) is 0.400. The van der Waals surface area contributed by atoms with Crippen molar-refractivity contribution in [1.29, 1.82) is 0 Å². The standard InChI is InChI=1S/C15H17BrN2O2/c16-11-6-15(20)18(8-11)12(9-19)5-10-7-17-14-4-2-1-3-13(10)14/h1-4,7,11-12,17,19H,5-6,8-9H2. The van der Waals surface area contributed by atoms with Gasteiger partial charge in [-0.15, -0.1) is 0 Å². The van der Waals surface area contributed by atoms with Gasteiger partial charge in [-0.3, -0.25) is 4.79 Å². The molecule has 2 aromatic rings. The van der Waals surface area contributed by atoms with Crippen LogP contribution in [0.5, 0.6) is 0 Å². The molecule has 5 heteroatoms. The van der Waals surface area contributed by atoms with E-state index >= 15 is 0 Å². The van der Waals surface area contributed by atoms with Crippen LogP contribution in [-0.4, -0.2) is 44.9 Å². The van der Waals surface area contributed by atoms with Crippen LogP contribution in [0.3, 0.4) is 0 Å². The van der Waals surface area contributed by atoms with Gasteiger partial charge in [0.1, 0.15) is 0 Å². The van der Waals surface area contributed by atoms with Gasteiger partial charge in [0.2, 0.25) is 5.91 Å². The van der Waals surface area contributed by atoms with Gasteiger partial charge in [-0.1, -0.05) is 34.1 Å². The lowest BCUT2D eigenvalue weighted by atomic mass is 10.0. The number of hydrogen-bond donors (Lipinski definition) is 2. The normalized spacial score (nSPS) is 20.8. The zero-order valence-electron chi connectivity index (χ0n) is 11.1. The van der Waals surface area contributed by atoms with Crippen LogP contribution in [0.2, 0.25) is 0 Å². The van der Waals surface area contributed by atoms with E-state index in [1.807, 2.05) is 24.4 Å². The van der Waals surface area contributed by atoms with Gasteiger partial charge in [0.05, 0.1) is 12.6 Å². The maximum absolute atomic E-state index is 12.0. The summed E-state index contributed by atoms with van der Waals surface area (Å²) in [6, 6.07) is 7.94. The van der Waals surface area contributed by atoms with E-state index in [1.165, 1.54) is 0 Å². The largest absolute Gasteiger partial charge is 0.394 e. The van der Waals surface area contributed by atoms with Crippen molar-refractivity contribution in [2.45, 2.75) is 23.7 Å². The molecule has 2 heterocycles. The minimum atomic E-state index is -0.149. The number of nitrogens with zero attached hydrogens (tertiary/aromatic N) is 1. The first-order valence-electron chi connectivity index (χ1n) is 6.78. The van der Waals surface area contributed by atoms with E-state index in [1.54, 1.807) is 4.90 Å². The van der Waals surface area contributed by atoms with Crippen LogP contribution < -0.4 is 0 Å². The van der Waals surface area contributed by atoms with Gasteiger partial charge in [-0.05, 0) is 18.1 Å². The number of rotatable bonds is 4. The number of nitrogens with one attached hydrogen (secondary N) is 1. The van der Waals surface area contributed by atoms with Gasteiger partial charge in [0, 0.05) is 34.9 Å².